The Balaban J connectivity index is 1.45. The molecule has 11 heteroatoms. The number of carbonyl (C=O) groups is 3. The van der Waals surface area contributed by atoms with Crippen molar-refractivity contribution in [3.05, 3.63) is 35.9 Å². The minimum absolute atomic E-state index is 0.103. The van der Waals surface area contributed by atoms with Crippen molar-refractivity contribution >= 4 is 17.6 Å². The van der Waals surface area contributed by atoms with Gasteiger partial charge in [-0.15, -0.1) is 0 Å². The molecule has 0 N–H and O–H groups in total. The van der Waals surface area contributed by atoms with E-state index < -0.39 is 17.7 Å². The molecule has 2 heterocycles. The lowest BCUT2D eigenvalue weighted by atomic mass is 9.89. The third-order valence-electron chi connectivity index (χ3n) is 7.11. The molecule has 2 aliphatic heterocycles. The average molecular weight is 543 g/mol. The highest BCUT2D eigenvalue weighted by Crippen LogP contribution is 2.39. The van der Waals surface area contributed by atoms with Crippen LogP contribution in [0.4, 0.5) is 0 Å². The van der Waals surface area contributed by atoms with Gasteiger partial charge in [-0.25, -0.2) is 0 Å². The normalized spacial score (nSPS) is 18.3. The second-order valence-electron chi connectivity index (χ2n) is 9.21. The summed E-state index contributed by atoms with van der Waals surface area (Å²) in [5, 5.41) is 0. The van der Waals surface area contributed by atoms with Crippen LogP contribution in [0, 0.1) is 0 Å². The summed E-state index contributed by atoms with van der Waals surface area (Å²) in [5.41, 5.74) is 0.103. The first-order valence-corrected chi connectivity index (χ1v) is 12.7. The van der Waals surface area contributed by atoms with E-state index in [1.807, 2.05) is 0 Å². The second-order valence-corrected chi connectivity index (χ2v) is 9.21. The summed E-state index contributed by atoms with van der Waals surface area (Å²) in [4.78, 5) is 43.4. The van der Waals surface area contributed by atoms with E-state index in [0.717, 1.165) is 6.42 Å². The van der Waals surface area contributed by atoms with Crippen molar-refractivity contribution in [3.63, 3.8) is 0 Å². The van der Waals surface area contributed by atoms with Crippen LogP contribution in [0.5, 0.6) is 34.5 Å². The Morgan fingerprint density at radius 3 is 2.13 bits per heavy atom. The zero-order valence-electron chi connectivity index (χ0n) is 22.9. The van der Waals surface area contributed by atoms with E-state index in [4.69, 9.17) is 28.4 Å². The molecule has 210 valence electrons. The number of methoxy groups -OCH3 is 5. The van der Waals surface area contributed by atoms with E-state index in [-0.39, 0.29) is 35.6 Å². The van der Waals surface area contributed by atoms with Crippen LogP contribution < -0.4 is 28.4 Å². The average Bonchev–Trinajstić information content (AvgIpc) is 2.97. The Hall–Kier alpha value is -4.15. The van der Waals surface area contributed by atoms with Crippen molar-refractivity contribution in [2.24, 2.45) is 0 Å². The van der Waals surface area contributed by atoms with Gasteiger partial charge in [0.05, 0.1) is 48.1 Å². The van der Waals surface area contributed by atoms with Gasteiger partial charge >= 0.3 is 0 Å². The molecule has 11 nitrogen and oxygen atoms in total. The third-order valence-corrected chi connectivity index (χ3v) is 7.11. The minimum Gasteiger partial charge on any atom is -0.493 e. The molecule has 4 rings (SSSR count). The molecule has 0 saturated carbocycles. The highest BCUT2D eigenvalue weighted by atomic mass is 16.5. The molecule has 2 bridgehead atoms. The number of hydrogen-bond acceptors (Lipinski definition) is 9. The highest BCUT2D eigenvalue weighted by molar-refractivity contribution is 6.43. The lowest BCUT2D eigenvalue weighted by molar-refractivity contribution is -0.157. The molecule has 2 aromatic rings. The molecule has 2 saturated heterocycles. The van der Waals surface area contributed by atoms with Crippen LogP contribution in [0.25, 0.3) is 0 Å². The summed E-state index contributed by atoms with van der Waals surface area (Å²) in [7, 11) is 7.43. The molecule has 2 amide bonds. The van der Waals surface area contributed by atoms with Gasteiger partial charge in [-0.1, -0.05) is 0 Å². The fourth-order valence-corrected chi connectivity index (χ4v) is 5.20. The van der Waals surface area contributed by atoms with Crippen molar-refractivity contribution in [3.8, 4) is 34.5 Å². The monoisotopic (exact) mass is 542 g/mol. The van der Waals surface area contributed by atoms with E-state index >= 15 is 0 Å². The zero-order chi connectivity index (χ0) is 28.1. The highest BCUT2D eigenvalue weighted by Gasteiger charge is 2.47. The van der Waals surface area contributed by atoms with Crippen LogP contribution in [-0.2, 0) is 9.59 Å². The van der Waals surface area contributed by atoms with Crippen LogP contribution >= 0.6 is 0 Å². The van der Waals surface area contributed by atoms with Gasteiger partial charge in [0.1, 0.15) is 18.4 Å². The van der Waals surface area contributed by atoms with Crippen LogP contribution in [0.2, 0.25) is 0 Å². The van der Waals surface area contributed by atoms with E-state index in [9.17, 15) is 14.4 Å². The van der Waals surface area contributed by atoms with Crippen LogP contribution in [0.3, 0.4) is 0 Å². The number of Topliss-reactive ketones (excluding diaryl/α,β-unsaturated/α-hetero) is 1. The summed E-state index contributed by atoms with van der Waals surface area (Å²) >= 11 is 0. The molecule has 0 radical (unpaired) electrons. The van der Waals surface area contributed by atoms with Crippen molar-refractivity contribution in [2.75, 3.05) is 55.2 Å². The maximum Gasteiger partial charge on any atom is 0.295 e. The van der Waals surface area contributed by atoms with Gasteiger partial charge in [0.25, 0.3) is 11.7 Å². The second kappa shape index (κ2) is 12.1. The Labute approximate surface area is 227 Å². The van der Waals surface area contributed by atoms with Crippen molar-refractivity contribution in [1.82, 2.24) is 9.80 Å². The maximum atomic E-state index is 13.5. The smallest absolute Gasteiger partial charge is 0.295 e. The van der Waals surface area contributed by atoms with Crippen molar-refractivity contribution < 1.29 is 42.8 Å². The van der Waals surface area contributed by atoms with Crippen LogP contribution in [0.15, 0.2) is 30.3 Å². The number of benzene rings is 2. The summed E-state index contributed by atoms with van der Waals surface area (Å²) in [6.07, 6.45) is 2.00. The molecule has 0 aromatic heterocycles. The van der Waals surface area contributed by atoms with E-state index in [0.29, 0.717) is 48.9 Å². The Bertz CT molecular complexity index is 1210. The SMILES string of the molecule is COc1ccc(OCCN2C[C@H]3CCC[C@@H](C2=O)N3C(=O)C(=O)c2cc(OC)c(OC)c(OC)c2)cc1OC. The van der Waals surface area contributed by atoms with Gasteiger partial charge < -0.3 is 38.2 Å². The maximum absolute atomic E-state index is 13.5. The number of ether oxygens (including phenoxy) is 6. The van der Waals surface area contributed by atoms with Gasteiger partial charge in [0.15, 0.2) is 23.0 Å². The predicted octanol–water partition coefficient (Wildman–Crippen LogP) is 2.58. The van der Waals surface area contributed by atoms with E-state index in [1.54, 1.807) is 37.3 Å². The summed E-state index contributed by atoms with van der Waals surface area (Å²) in [6, 6.07) is 7.17. The van der Waals surface area contributed by atoms with Crippen LogP contribution in [0.1, 0.15) is 29.6 Å². The van der Waals surface area contributed by atoms with Gasteiger partial charge in [-0.05, 0) is 43.5 Å². The topological polar surface area (TPSA) is 113 Å². The molecule has 2 aliphatic rings. The molecular formula is C28H34N2O9. The van der Waals surface area contributed by atoms with Gasteiger partial charge in [0.2, 0.25) is 11.7 Å². The number of ketones is 1. The quantitative estimate of drug-likeness (QED) is 0.312. The minimum atomic E-state index is -0.732. The summed E-state index contributed by atoms with van der Waals surface area (Å²) in [5.74, 6) is 0.946. The Morgan fingerprint density at radius 1 is 0.846 bits per heavy atom. The summed E-state index contributed by atoms with van der Waals surface area (Å²) in [6.45, 7) is 0.945. The largest absolute Gasteiger partial charge is 0.493 e. The Kier molecular flexibility index (Phi) is 8.68. The molecule has 39 heavy (non-hydrogen) atoms. The number of carbonyl (C=O) groups excluding carboxylic acids is 3. The van der Waals surface area contributed by atoms with E-state index in [1.165, 1.54) is 38.4 Å². The number of piperazine rings is 1. The number of likely N-dealkylation sites (tertiary alicyclic amines) is 1. The number of hydrogen-bond donors (Lipinski definition) is 0. The van der Waals surface area contributed by atoms with Crippen LogP contribution in [-0.4, -0.2) is 94.7 Å². The molecule has 2 aromatic carbocycles. The summed E-state index contributed by atoms with van der Waals surface area (Å²) < 4.78 is 32.4. The number of piperidine rings is 1. The van der Waals surface area contributed by atoms with Gasteiger partial charge in [-0.2, -0.15) is 0 Å². The lowest BCUT2D eigenvalue weighted by Gasteiger charge is -2.48. The fraction of sp³-hybridized carbons (Fsp3) is 0.464. The number of nitrogens with zero attached hydrogens (tertiary/aromatic N) is 2. The molecule has 0 spiro atoms. The molecular weight excluding hydrogens is 508 g/mol. The fourth-order valence-electron chi connectivity index (χ4n) is 5.20. The third kappa shape index (κ3) is 5.52. The van der Waals surface area contributed by atoms with Crippen molar-refractivity contribution in [2.45, 2.75) is 31.3 Å². The first-order chi connectivity index (χ1) is 18.9. The first-order valence-electron chi connectivity index (χ1n) is 12.7. The molecule has 2 fully saturated rings. The zero-order valence-corrected chi connectivity index (χ0v) is 22.9. The predicted molar refractivity (Wildman–Crippen MR) is 140 cm³/mol. The van der Waals surface area contributed by atoms with Gasteiger partial charge in [-0.3, -0.25) is 14.4 Å². The number of fused-ring (bicyclic) bond motifs is 2. The Morgan fingerprint density at radius 2 is 1.51 bits per heavy atom. The number of amides is 2. The van der Waals surface area contributed by atoms with E-state index in [2.05, 4.69) is 0 Å². The first kappa shape index (κ1) is 27.9. The van der Waals surface area contributed by atoms with Gasteiger partial charge in [0, 0.05) is 18.2 Å². The lowest BCUT2D eigenvalue weighted by Crippen LogP contribution is -2.66. The van der Waals surface area contributed by atoms with Crippen molar-refractivity contribution in [1.29, 1.82) is 0 Å². The number of rotatable bonds is 11. The molecule has 0 aliphatic carbocycles. The standard InChI is InChI=1S/C28H34N2O9/c1-34-21-10-9-19(15-22(21)35-2)39-12-11-29-16-18-7-6-8-20(27(29)32)30(18)28(33)25(31)17-13-23(36-3)26(38-5)24(14-17)37-4/h9-10,13-15,18,20H,6-8,11-12,16H2,1-5H3/t18-,20+/m1/s1. The molecule has 0 unspecified atom stereocenters. The molecule has 2 atom stereocenters.